The maximum absolute atomic E-state index is 12.9. The molecule has 0 aromatic heterocycles. The molecule has 1 aliphatic heterocycles. The van der Waals surface area contributed by atoms with Gasteiger partial charge < -0.3 is 4.74 Å². The van der Waals surface area contributed by atoms with Crippen LogP contribution in [0.5, 0.6) is 5.75 Å². The molecule has 1 fully saturated rings. The van der Waals surface area contributed by atoms with E-state index in [2.05, 4.69) is 15.9 Å². The first-order valence-electron chi connectivity index (χ1n) is 9.98. The van der Waals surface area contributed by atoms with Gasteiger partial charge >= 0.3 is 0 Å². The highest BCUT2D eigenvalue weighted by Crippen LogP contribution is 2.38. The number of thioether (sulfide) groups is 1. The van der Waals surface area contributed by atoms with Crippen molar-refractivity contribution in [3.63, 3.8) is 0 Å². The number of amides is 2. The predicted molar refractivity (Wildman–Crippen MR) is 138 cm³/mol. The monoisotopic (exact) mass is 561 g/mol. The van der Waals surface area contributed by atoms with Crippen molar-refractivity contribution in [2.45, 2.75) is 20.1 Å². The SMILES string of the molecule is Cc1cccc(COc2c(Cl)cc(/C=C3\SC(=O)N(Cc4ccccc4Br)C3=O)cc2Cl)c1. The van der Waals surface area contributed by atoms with Crippen LogP contribution in [-0.2, 0) is 17.9 Å². The lowest BCUT2D eigenvalue weighted by Crippen LogP contribution is -2.27. The molecule has 1 aliphatic rings. The van der Waals surface area contributed by atoms with Crippen molar-refractivity contribution in [1.82, 2.24) is 4.90 Å². The van der Waals surface area contributed by atoms with Crippen LogP contribution in [0, 0.1) is 6.92 Å². The summed E-state index contributed by atoms with van der Waals surface area (Å²) in [7, 11) is 0. The second-order valence-electron chi connectivity index (χ2n) is 7.45. The van der Waals surface area contributed by atoms with Gasteiger partial charge in [0.1, 0.15) is 6.61 Å². The predicted octanol–water partition coefficient (Wildman–Crippen LogP) is 7.88. The third-order valence-electron chi connectivity index (χ3n) is 4.94. The van der Waals surface area contributed by atoms with E-state index in [0.717, 1.165) is 32.9 Å². The highest BCUT2D eigenvalue weighted by molar-refractivity contribution is 9.10. The van der Waals surface area contributed by atoms with Crippen molar-refractivity contribution >= 4 is 68.1 Å². The number of ether oxygens (including phenoxy) is 1. The van der Waals surface area contributed by atoms with E-state index in [0.29, 0.717) is 32.9 Å². The lowest BCUT2D eigenvalue weighted by Gasteiger charge is -2.13. The lowest BCUT2D eigenvalue weighted by molar-refractivity contribution is -0.123. The molecule has 2 amide bonds. The molecule has 4 nitrogen and oxygen atoms in total. The van der Waals surface area contributed by atoms with Gasteiger partial charge in [-0.05, 0) is 59.7 Å². The van der Waals surface area contributed by atoms with Gasteiger partial charge in [0.25, 0.3) is 11.1 Å². The Morgan fingerprint density at radius 3 is 2.45 bits per heavy atom. The van der Waals surface area contributed by atoms with Crippen LogP contribution in [0.4, 0.5) is 4.79 Å². The number of imide groups is 1. The number of aryl methyl sites for hydroxylation is 1. The summed E-state index contributed by atoms with van der Waals surface area (Å²) >= 11 is 17.2. The van der Waals surface area contributed by atoms with E-state index >= 15 is 0 Å². The largest absolute Gasteiger partial charge is 0.486 e. The molecule has 0 atom stereocenters. The first-order chi connectivity index (χ1) is 15.8. The van der Waals surface area contributed by atoms with E-state index in [1.54, 1.807) is 18.2 Å². The molecular formula is C25H18BrCl2NO3S. The number of nitrogens with zero attached hydrogens (tertiary/aromatic N) is 1. The summed E-state index contributed by atoms with van der Waals surface area (Å²) < 4.78 is 6.68. The van der Waals surface area contributed by atoms with Gasteiger partial charge in [-0.3, -0.25) is 14.5 Å². The van der Waals surface area contributed by atoms with Gasteiger partial charge in [-0.25, -0.2) is 0 Å². The molecular weight excluding hydrogens is 545 g/mol. The Balaban J connectivity index is 1.51. The van der Waals surface area contributed by atoms with Gasteiger partial charge in [-0.1, -0.05) is 87.2 Å². The molecule has 0 bridgehead atoms. The number of hydrogen-bond donors (Lipinski definition) is 0. The molecule has 33 heavy (non-hydrogen) atoms. The smallest absolute Gasteiger partial charge is 0.293 e. The molecule has 3 aromatic rings. The van der Waals surface area contributed by atoms with Gasteiger partial charge in [0, 0.05) is 4.47 Å². The highest BCUT2D eigenvalue weighted by atomic mass is 79.9. The average molecular weight is 563 g/mol. The summed E-state index contributed by atoms with van der Waals surface area (Å²) in [5.41, 5.74) is 3.60. The average Bonchev–Trinajstić information content (AvgIpc) is 3.02. The molecule has 1 heterocycles. The number of hydrogen-bond acceptors (Lipinski definition) is 4. The van der Waals surface area contributed by atoms with Crippen LogP contribution < -0.4 is 4.74 Å². The Kier molecular flexibility index (Phi) is 7.49. The van der Waals surface area contributed by atoms with Crippen LogP contribution in [-0.4, -0.2) is 16.0 Å². The Morgan fingerprint density at radius 1 is 1.03 bits per heavy atom. The molecule has 0 spiro atoms. The van der Waals surface area contributed by atoms with E-state index in [4.69, 9.17) is 27.9 Å². The molecule has 1 saturated heterocycles. The van der Waals surface area contributed by atoms with E-state index in [9.17, 15) is 9.59 Å². The summed E-state index contributed by atoms with van der Waals surface area (Å²) in [6.45, 7) is 2.53. The maximum Gasteiger partial charge on any atom is 0.293 e. The Bertz CT molecular complexity index is 1260. The van der Waals surface area contributed by atoms with Crippen molar-refractivity contribution in [3.8, 4) is 5.75 Å². The Labute approximate surface area is 214 Å². The number of rotatable bonds is 6. The fraction of sp³-hybridized carbons (Fsp3) is 0.120. The Morgan fingerprint density at radius 2 is 1.76 bits per heavy atom. The first kappa shape index (κ1) is 23.9. The van der Waals surface area contributed by atoms with Crippen molar-refractivity contribution < 1.29 is 14.3 Å². The maximum atomic E-state index is 12.9. The number of benzene rings is 3. The molecule has 4 rings (SSSR count). The Hall–Kier alpha value is -2.25. The van der Waals surface area contributed by atoms with Crippen molar-refractivity contribution in [3.05, 3.63) is 102 Å². The molecule has 3 aromatic carbocycles. The highest BCUT2D eigenvalue weighted by Gasteiger charge is 2.35. The van der Waals surface area contributed by atoms with Gasteiger partial charge in [0.15, 0.2) is 5.75 Å². The number of halogens is 3. The zero-order chi connectivity index (χ0) is 23.5. The number of carbonyl (C=O) groups excluding carboxylic acids is 2. The van der Waals surface area contributed by atoms with E-state index in [1.165, 1.54) is 4.90 Å². The summed E-state index contributed by atoms with van der Waals surface area (Å²) in [6, 6.07) is 18.8. The fourth-order valence-electron chi connectivity index (χ4n) is 3.34. The van der Waals surface area contributed by atoms with Gasteiger partial charge in [0.05, 0.1) is 21.5 Å². The van der Waals surface area contributed by atoms with Gasteiger partial charge in [-0.2, -0.15) is 0 Å². The molecule has 8 heteroatoms. The number of carbonyl (C=O) groups is 2. The third-order valence-corrected chi connectivity index (χ3v) is 7.19. The van der Waals surface area contributed by atoms with Crippen LogP contribution in [0.3, 0.4) is 0 Å². The van der Waals surface area contributed by atoms with Crippen LogP contribution >= 0.6 is 50.9 Å². The van der Waals surface area contributed by atoms with Gasteiger partial charge in [-0.15, -0.1) is 0 Å². The normalized spacial score (nSPS) is 14.9. The molecule has 0 saturated carbocycles. The summed E-state index contributed by atoms with van der Waals surface area (Å²) in [5, 5.41) is 0.333. The van der Waals surface area contributed by atoms with Crippen molar-refractivity contribution in [2.24, 2.45) is 0 Å². The van der Waals surface area contributed by atoms with Crippen LogP contribution in [0.25, 0.3) is 6.08 Å². The fourth-order valence-corrected chi connectivity index (χ4v) is 5.20. The summed E-state index contributed by atoms with van der Waals surface area (Å²) in [5.74, 6) is 0.0202. The van der Waals surface area contributed by atoms with E-state index < -0.39 is 0 Å². The van der Waals surface area contributed by atoms with E-state index in [-0.39, 0.29) is 17.7 Å². The minimum absolute atomic E-state index is 0.191. The topological polar surface area (TPSA) is 46.6 Å². The summed E-state index contributed by atoms with van der Waals surface area (Å²) in [4.78, 5) is 26.9. The zero-order valence-electron chi connectivity index (χ0n) is 17.5. The van der Waals surface area contributed by atoms with Gasteiger partial charge in [0.2, 0.25) is 0 Å². The van der Waals surface area contributed by atoms with Crippen LogP contribution in [0.1, 0.15) is 22.3 Å². The third kappa shape index (κ3) is 5.64. The molecule has 0 radical (unpaired) electrons. The second-order valence-corrected chi connectivity index (χ2v) is 10.1. The lowest BCUT2D eigenvalue weighted by atomic mass is 10.1. The standard InChI is InChI=1S/C25H18BrCl2NO3S/c1-15-5-4-6-16(9-15)14-32-23-20(27)10-17(11-21(23)28)12-22-24(30)29(25(31)33-22)13-18-7-2-3-8-19(18)26/h2-12H,13-14H2,1H3/b22-12-. The minimum Gasteiger partial charge on any atom is -0.486 e. The quantitative estimate of drug-likeness (QED) is 0.287. The second kappa shape index (κ2) is 10.3. The molecule has 0 aliphatic carbocycles. The molecule has 0 unspecified atom stereocenters. The van der Waals surface area contributed by atoms with Crippen LogP contribution in [0.15, 0.2) is 70.0 Å². The zero-order valence-corrected chi connectivity index (χ0v) is 21.4. The first-order valence-corrected chi connectivity index (χ1v) is 12.3. The van der Waals surface area contributed by atoms with E-state index in [1.807, 2.05) is 55.5 Å². The summed E-state index contributed by atoms with van der Waals surface area (Å²) in [6.07, 6.45) is 1.62. The van der Waals surface area contributed by atoms with Crippen molar-refractivity contribution in [1.29, 1.82) is 0 Å². The molecule has 168 valence electrons. The van der Waals surface area contributed by atoms with Crippen LogP contribution in [0.2, 0.25) is 10.0 Å². The van der Waals surface area contributed by atoms with Crippen molar-refractivity contribution in [2.75, 3.05) is 0 Å². The minimum atomic E-state index is -0.354. The molecule has 0 N–H and O–H groups in total.